The van der Waals surface area contributed by atoms with Gasteiger partial charge in [0.15, 0.2) is 0 Å². The standard InChI is InChI=1S/C15H29N3O/c1-11-9-18(10-12(2)17(11)3)15(19)14-6-4-13(8-16)5-7-14/h11-14H,4-10,16H2,1-3H3. The van der Waals surface area contributed by atoms with Crippen molar-refractivity contribution in [1.82, 2.24) is 9.80 Å². The molecule has 2 N–H and O–H groups in total. The van der Waals surface area contributed by atoms with Crippen molar-refractivity contribution in [1.29, 1.82) is 0 Å². The van der Waals surface area contributed by atoms with E-state index in [0.717, 1.165) is 45.3 Å². The second kappa shape index (κ2) is 6.23. The van der Waals surface area contributed by atoms with Crippen LogP contribution in [-0.2, 0) is 4.79 Å². The summed E-state index contributed by atoms with van der Waals surface area (Å²) in [6.07, 6.45) is 4.34. The predicted octanol–water partition coefficient (Wildman–Crippen LogP) is 1.30. The summed E-state index contributed by atoms with van der Waals surface area (Å²) >= 11 is 0. The third kappa shape index (κ3) is 3.29. The first-order chi connectivity index (χ1) is 9.02. The zero-order valence-corrected chi connectivity index (χ0v) is 12.6. The molecule has 2 atom stereocenters. The molecule has 4 heteroatoms. The zero-order chi connectivity index (χ0) is 14.0. The Kier molecular flexibility index (Phi) is 4.85. The van der Waals surface area contributed by atoms with Crippen LogP contribution in [0.2, 0.25) is 0 Å². The molecule has 2 rings (SSSR count). The molecule has 2 fully saturated rings. The average molecular weight is 267 g/mol. The minimum Gasteiger partial charge on any atom is -0.339 e. The molecule has 0 aromatic rings. The smallest absolute Gasteiger partial charge is 0.225 e. The van der Waals surface area contributed by atoms with Crippen LogP contribution in [0.1, 0.15) is 39.5 Å². The maximum absolute atomic E-state index is 12.6. The highest BCUT2D eigenvalue weighted by atomic mass is 16.2. The Morgan fingerprint density at radius 1 is 1.11 bits per heavy atom. The van der Waals surface area contributed by atoms with Gasteiger partial charge in [-0.05, 0) is 59.0 Å². The number of carbonyl (C=O) groups excluding carboxylic acids is 1. The van der Waals surface area contributed by atoms with Gasteiger partial charge in [-0.2, -0.15) is 0 Å². The Morgan fingerprint density at radius 3 is 2.11 bits per heavy atom. The molecule has 4 nitrogen and oxygen atoms in total. The molecule has 1 amide bonds. The number of likely N-dealkylation sites (N-methyl/N-ethyl adjacent to an activating group) is 1. The maximum atomic E-state index is 12.6. The highest BCUT2D eigenvalue weighted by Crippen LogP contribution is 2.30. The largest absolute Gasteiger partial charge is 0.339 e. The van der Waals surface area contributed by atoms with Crippen molar-refractivity contribution >= 4 is 5.91 Å². The van der Waals surface area contributed by atoms with Gasteiger partial charge in [-0.15, -0.1) is 0 Å². The fourth-order valence-electron chi connectivity index (χ4n) is 3.49. The van der Waals surface area contributed by atoms with Gasteiger partial charge in [0, 0.05) is 31.1 Å². The number of hydrogen-bond acceptors (Lipinski definition) is 3. The third-order valence-electron chi connectivity index (χ3n) is 5.20. The molecule has 0 radical (unpaired) electrons. The minimum atomic E-state index is 0.255. The van der Waals surface area contributed by atoms with Crippen molar-refractivity contribution in [2.24, 2.45) is 17.6 Å². The SMILES string of the molecule is CC1CN(C(=O)C2CCC(CN)CC2)CC(C)N1C. The maximum Gasteiger partial charge on any atom is 0.225 e. The van der Waals surface area contributed by atoms with E-state index in [2.05, 4.69) is 30.7 Å². The quantitative estimate of drug-likeness (QED) is 0.820. The fraction of sp³-hybridized carbons (Fsp3) is 0.933. The molecule has 1 aliphatic heterocycles. The van der Waals surface area contributed by atoms with Crippen molar-refractivity contribution in [2.45, 2.75) is 51.6 Å². The molecule has 0 aromatic carbocycles. The second-order valence-electron chi connectivity index (χ2n) is 6.56. The van der Waals surface area contributed by atoms with Gasteiger partial charge in [0.25, 0.3) is 0 Å². The van der Waals surface area contributed by atoms with Gasteiger partial charge in [0.1, 0.15) is 0 Å². The van der Waals surface area contributed by atoms with Crippen LogP contribution in [0.3, 0.4) is 0 Å². The first kappa shape index (κ1) is 14.8. The zero-order valence-electron chi connectivity index (χ0n) is 12.6. The molecule has 1 aliphatic carbocycles. The summed E-state index contributed by atoms with van der Waals surface area (Å²) in [6, 6.07) is 0.932. The molecule has 2 aliphatic rings. The van der Waals surface area contributed by atoms with E-state index in [1.165, 1.54) is 0 Å². The Bertz CT molecular complexity index is 301. The molecule has 2 unspecified atom stereocenters. The molecule has 0 aromatic heterocycles. The Labute approximate surface area is 117 Å². The summed E-state index contributed by atoms with van der Waals surface area (Å²) in [7, 11) is 2.16. The molecular formula is C15H29N3O. The van der Waals surface area contributed by atoms with E-state index >= 15 is 0 Å². The van der Waals surface area contributed by atoms with E-state index in [1.807, 2.05) is 0 Å². The van der Waals surface area contributed by atoms with Gasteiger partial charge >= 0.3 is 0 Å². The summed E-state index contributed by atoms with van der Waals surface area (Å²) in [5, 5.41) is 0. The number of piperazine rings is 1. The van der Waals surface area contributed by atoms with E-state index in [0.29, 0.717) is 23.9 Å². The molecule has 1 heterocycles. The van der Waals surface area contributed by atoms with Gasteiger partial charge in [0.05, 0.1) is 0 Å². The van der Waals surface area contributed by atoms with Crippen molar-refractivity contribution in [3.63, 3.8) is 0 Å². The molecule has 110 valence electrons. The summed E-state index contributed by atoms with van der Waals surface area (Å²) in [6.45, 7) is 6.97. The van der Waals surface area contributed by atoms with Gasteiger partial charge in [-0.3, -0.25) is 9.69 Å². The van der Waals surface area contributed by atoms with Crippen molar-refractivity contribution in [3.8, 4) is 0 Å². The lowest BCUT2D eigenvalue weighted by atomic mass is 9.81. The lowest BCUT2D eigenvalue weighted by molar-refractivity contribution is -0.140. The molecule has 1 saturated heterocycles. The van der Waals surface area contributed by atoms with Crippen LogP contribution in [0.4, 0.5) is 0 Å². The van der Waals surface area contributed by atoms with Crippen LogP contribution in [0.5, 0.6) is 0 Å². The summed E-state index contributed by atoms with van der Waals surface area (Å²) < 4.78 is 0. The number of nitrogens with zero attached hydrogens (tertiary/aromatic N) is 2. The lowest BCUT2D eigenvalue weighted by Gasteiger charge is -2.44. The van der Waals surface area contributed by atoms with Crippen LogP contribution >= 0.6 is 0 Å². The van der Waals surface area contributed by atoms with Gasteiger partial charge in [0.2, 0.25) is 5.91 Å². The normalized spacial score (nSPS) is 37.4. The number of rotatable bonds is 2. The number of hydrogen-bond donors (Lipinski definition) is 1. The summed E-state index contributed by atoms with van der Waals surface area (Å²) in [4.78, 5) is 17.1. The van der Waals surface area contributed by atoms with Crippen LogP contribution in [-0.4, -0.2) is 54.5 Å². The number of amides is 1. The predicted molar refractivity (Wildman–Crippen MR) is 77.8 cm³/mol. The molecule has 0 bridgehead atoms. The van der Waals surface area contributed by atoms with Crippen LogP contribution < -0.4 is 5.73 Å². The van der Waals surface area contributed by atoms with Crippen molar-refractivity contribution < 1.29 is 4.79 Å². The monoisotopic (exact) mass is 267 g/mol. The minimum absolute atomic E-state index is 0.255. The van der Waals surface area contributed by atoms with Crippen molar-refractivity contribution in [2.75, 3.05) is 26.7 Å². The van der Waals surface area contributed by atoms with E-state index in [1.54, 1.807) is 0 Å². The molecule has 1 saturated carbocycles. The van der Waals surface area contributed by atoms with E-state index in [4.69, 9.17) is 5.73 Å². The first-order valence-electron chi connectivity index (χ1n) is 7.73. The van der Waals surface area contributed by atoms with Crippen LogP contribution in [0.15, 0.2) is 0 Å². The van der Waals surface area contributed by atoms with Crippen LogP contribution in [0, 0.1) is 11.8 Å². The van der Waals surface area contributed by atoms with E-state index in [-0.39, 0.29) is 5.92 Å². The van der Waals surface area contributed by atoms with Crippen molar-refractivity contribution in [3.05, 3.63) is 0 Å². The Morgan fingerprint density at radius 2 is 1.63 bits per heavy atom. The summed E-state index contributed by atoms with van der Waals surface area (Å²) in [5.41, 5.74) is 5.72. The number of carbonyl (C=O) groups is 1. The Hall–Kier alpha value is -0.610. The van der Waals surface area contributed by atoms with E-state index in [9.17, 15) is 4.79 Å². The molecule has 0 spiro atoms. The second-order valence-corrected chi connectivity index (χ2v) is 6.56. The molecule has 19 heavy (non-hydrogen) atoms. The summed E-state index contributed by atoms with van der Waals surface area (Å²) in [5.74, 6) is 1.29. The average Bonchev–Trinajstić information content (AvgIpc) is 2.43. The topological polar surface area (TPSA) is 49.6 Å². The number of nitrogens with two attached hydrogens (primary N) is 1. The highest BCUT2D eigenvalue weighted by molar-refractivity contribution is 5.79. The Balaban J connectivity index is 1.90. The van der Waals surface area contributed by atoms with Gasteiger partial charge in [-0.1, -0.05) is 0 Å². The van der Waals surface area contributed by atoms with Crippen LogP contribution in [0.25, 0.3) is 0 Å². The van der Waals surface area contributed by atoms with E-state index < -0.39 is 0 Å². The van der Waals surface area contributed by atoms with Gasteiger partial charge in [-0.25, -0.2) is 0 Å². The third-order valence-corrected chi connectivity index (χ3v) is 5.20. The lowest BCUT2D eigenvalue weighted by Crippen LogP contribution is -2.57. The highest BCUT2D eigenvalue weighted by Gasteiger charge is 2.34. The van der Waals surface area contributed by atoms with Gasteiger partial charge < -0.3 is 10.6 Å². The molecular weight excluding hydrogens is 238 g/mol. The first-order valence-corrected chi connectivity index (χ1v) is 7.73. The fourth-order valence-corrected chi connectivity index (χ4v) is 3.49.